The van der Waals surface area contributed by atoms with E-state index in [1.807, 2.05) is 12.1 Å². The lowest BCUT2D eigenvalue weighted by molar-refractivity contribution is 0.115. The molecule has 2 rings (SSSR count). The topological polar surface area (TPSA) is 38.5 Å². The van der Waals surface area contributed by atoms with Crippen molar-refractivity contribution >= 4 is 11.4 Å². The molecule has 1 aromatic rings. The molecule has 0 fully saturated rings. The fourth-order valence-corrected chi connectivity index (χ4v) is 2.28. The van der Waals surface area contributed by atoms with Crippen LogP contribution in [0.2, 0.25) is 0 Å². The maximum absolute atomic E-state index is 6.03. The molecule has 3 nitrogen and oxygen atoms in total. The molecular weight excluding hydrogens is 212 g/mol. The molecule has 0 bridgehead atoms. The van der Waals surface area contributed by atoms with Crippen LogP contribution in [0.4, 0.5) is 11.4 Å². The second-order valence-electron chi connectivity index (χ2n) is 5.06. The number of para-hydroxylation sites is 1. The van der Waals surface area contributed by atoms with Crippen LogP contribution in [-0.4, -0.2) is 26.3 Å². The van der Waals surface area contributed by atoms with Gasteiger partial charge in [0.05, 0.1) is 18.0 Å². The van der Waals surface area contributed by atoms with Crippen molar-refractivity contribution in [3.63, 3.8) is 0 Å². The zero-order valence-electron chi connectivity index (χ0n) is 10.8. The monoisotopic (exact) mass is 234 g/mol. The van der Waals surface area contributed by atoms with Gasteiger partial charge in [0.25, 0.3) is 0 Å². The minimum Gasteiger partial charge on any atom is -0.397 e. The molecule has 17 heavy (non-hydrogen) atoms. The van der Waals surface area contributed by atoms with Crippen LogP contribution in [0.5, 0.6) is 0 Å². The van der Waals surface area contributed by atoms with Crippen LogP contribution in [0.3, 0.4) is 0 Å². The Hall–Kier alpha value is -1.22. The molecule has 0 saturated carbocycles. The molecule has 1 aliphatic heterocycles. The molecule has 0 radical (unpaired) electrons. The quantitative estimate of drug-likeness (QED) is 0.627. The van der Waals surface area contributed by atoms with E-state index in [2.05, 4.69) is 24.8 Å². The molecule has 0 atom stereocenters. The van der Waals surface area contributed by atoms with Crippen LogP contribution >= 0.6 is 0 Å². The largest absolute Gasteiger partial charge is 0.397 e. The van der Waals surface area contributed by atoms with Crippen molar-refractivity contribution in [1.82, 2.24) is 0 Å². The summed E-state index contributed by atoms with van der Waals surface area (Å²) in [5.41, 5.74) is 9.52. The highest BCUT2D eigenvalue weighted by atomic mass is 16.5. The van der Waals surface area contributed by atoms with Gasteiger partial charge in [0.15, 0.2) is 0 Å². The zero-order chi connectivity index (χ0) is 12.3. The molecule has 0 spiro atoms. The molecule has 94 valence electrons. The molecule has 1 aromatic carbocycles. The van der Waals surface area contributed by atoms with E-state index in [4.69, 9.17) is 10.5 Å². The minimum absolute atomic E-state index is 0.603. The van der Waals surface area contributed by atoms with Crippen molar-refractivity contribution in [2.75, 3.05) is 36.9 Å². The molecular formula is C14H22N2O. The average molecular weight is 234 g/mol. The van der Waals surface area contributed by atoms with Gasteiger partial charge >= 0.3 is 0 Å². The number of ether oxygens (including phenoxy) is 1. The number of nitrogens with two attached hydrogens (primary N) is 1. The molecule has 0 saturated heterocycles. The van der Waals surface area contributed by atoms with E-state index < -0.39 is 0 Å². The second kappa shape index (κ2) is 5.41. The summed E-state index contributed by atoms with van der Waals surface area (Å²) in [6.07, 6.45) is 1.10. The summed E-state index contributed by atoms with van der Waals surface area (Å²) in [6, 6.07) is 6.18. The number of fused-ring (bicyclic) bond motifs is 1. The number of rotatable bonds is 5. The zero-order valence-corrected chi connectivity index (χ0v) is 10.8. The van der Waals surface area contributed by atoms with E-state index >= 15 is 0 Å². The lowest BCUT2D eigenvalue weighted by Gasteiger charge is -2.21. The fraction of sp³-hybridized carbons (Fsp3) is 0.571. The maximum Gasteiger partial charge on any atom is 0.0641 e. The number of hydrogen-bond donors (Lipinski definition) is 1. The third-order valence-electron chi connectivity index (χ3n) is 3.07. The van der Waals surface area contributed by atoms with Gasteiger partial charge in [0, 0.05) is 19.7 Å². The molecule has 1 aliphatic rings. The number of anilines is 2. The van der Waals surface area contributed by atoms with Crippen LogP contribution in [0, 0.1) is 5.92 Å². The van der Waals surface area contributed by atoms with Gasteiger partial charge < -0.3 is 15.4 Å². The van der Waals surface area contributed by atoms with Gasteiger partial charge in [-0.3, -0.25) is 0 Å². The van der Waals surface area contributed by atoms with E-state index in [9.17, 15) is 0 Å². The number of hydrogen-bond acceptors (Lipinski definition) is 3. The predicted molar refractivity (Wildman–Crippen MR) is 72.4 cm³/mol. The Morgan fingerprint density at radius 2 is 2.24 bits per heavy atom. The maximum atomic E-state index is 6.03. The van der Waals surface area contributed by atoms with Crippen LogP contribution in [0.15, 0.2) is 18.2 Å². The summed E-state index contributed by atoms with van der Waals surface area (Å²) in [4.78, 5) is 2.34. The highest BCUT2D eigenvalue weighted by Crippen LogP contribution is 2.33. The van der Waals surface area contributed by atoms with Crippen molar-refractivity contribution in [3.8, 4) is 0 Å². The first-order chi connectivity index (χ1) is 8.18. The van der Waals surface area contributed by atoms with E-state index in [1.54, 1.807) is 0 Å². The van der Waals surface area contributed by atoms with Gasteiger partial charge in [-0.25, -0.2) is 0 Å². The Kier molecular flexibility index (Phi) is 3.89. The second-order valence-corrected chi connectivity index (χ2v) is 5.06. The predicted octanol–water partition coefficient (Wildman–Crippen LogP) is 2.30. The average Bonchev–Trinajstić information content (AvgIpc) is 2.69. The van der Waals surface area contributed by atoms with Gasteiger partial charge in [-0.05, 0) is 24.0 Å². The van der Waals surface area contributed by atoms with Gasteiger partial charge in [0.2, 0.25) is 0 Å². The summed E-state index contributed by atoms with van der Waals surface area (Å²) < 4.78 is 5.63. The summed E-state index contributed by atoms with van der Waals surface area (Å²) in [6.45, 7) is 7.96. The standard InChI is InChI=1S/C14H22N2O/c1-11(2)10-17-9-8-16-7-6-12-4-3-5-13(15)14(12)16/h3-5,11H,6-10,15H2,1-2H3. The third kappa shape index (κ3) is 2.91. The summed E-state index contributed by atoms with van der Waals surface area (Å²) in [7, 11) is 0. The van der Waals surface area contributed by atoms with Crippen molar-refractivity contribution in [1.29, 1.82) is 0 Å². The van der Waals surface area contributed by atoms with Crippen molar-refractivity contribution in [3.05, 3.63) is 23.8 Å². The molecule has 3 heteroatoms. The molecule has 0 aromatic heterocycles. The molecule has 0 aliphatic carbocycles. The molecule has 1 heterocycles. The van der Waals surface area contributed by atoms with Crippen LogP contribution in [0.25, 0.3) is 0 Å². The van der Waals surface area contributed by atoms with E-state index in [0.717, 1.165) is 38.4 Å². The van der Waals surface area contributed by atoms with Gasteiger partial charge in [-0.2, -0.15) is 0 Å². The normalized spacial score (nSPS) is 14.4. The highest BCUT2D eigenvalue weighted by molar-refractivity contribution is 5.74. The Morgan fingerprint density at radius 1 is 1.41 bits per heavy atom. The lowest BCUT2D eigenvalue weighted by atomic mass is 10.1. The Labute approximate surface area is 104 Å². The van der Waals surface area contributed by atoms with E-state index in [-0.39, 0.29) is 0 Å². The van der Waals surface area contributed by atoms with Crippen LogP contribution < -0.4 is 10.6 Å². The van der Waals surface area contributed by atoms with Crippen molar-refractivity contribution in [2.45, 2.75) is 20.3 Å². The first-order valence-electron chi connectivity index (χ1n) is 6.38. The van der Waals surface area contributed by atoms with E-state index in [0.29, 0.717) is 5.92 Å². The van der Waals surface area contributed by atoms with Crippen molar-refractivity contribution in [2.24, 2.45) is 5.92 Å². The molecule has 2 N–H and O–H groups in total. The summed E-state index contributed by atoms with van der Waals surface area (Å²) in [5.74, 6) is 0.603. The number of nitrogens with zero attached hydrogens (tertiary/aromatic N) is 1. The number of nitrogen functional groups attached to an aromatic ring is 1. The third-order valence-corrected chi connectivity index (χ3v) is 3.07. The first kappa shape index (κ1) is 12.2. The molecule has 0 unspecified atom stereocenters. The van der Waals surface area contributed by atoms with Crippen LogP contribution in [0.1, 0.15) is 19.4 Å². The Bertz CT molecular complexity index is 376. The van der Waals surface area contributed by atoms with Crippen molar-refractivity contribution < 1.29 is 4.74 Å². The highest BCUT2D eigenvalue weighted by Gasteiger charge is 2.20. The van der Waals surface area contributed by atoms with Crippen LogP contribution in [-0.2, 0) is 11.2 Å². The smallest absolute Gasteiger partial charge is 0.0641 e. The summed E-state index contributed by atoms with van der Waals surface area (Å²) >= 11 is 0. The fourth-order valence-electron chi connectivity index (χ4n) is 2.28. The lowest BCUT2D eigenvalue weighted by Crippen LogP contribution is -2.26. The SMILES string of the molecule is CC(C)COCCN1CCc2cccc(N)c21. The first-order valence-corrected chi connectivity index (χ1v) is 6.38. The molecule has 0 amide bonds. The summed E-state index contributed by atoms with van der Waals surface area (Å²) in [5, 5.41) is 0. The Balaban J connectivity index is 1.89. The Morgan fingerprint density at radius 3 is 3.00 bits per heavy atom. The van der Waals surface area contributed by atoms with E-state index in [1.165, 1.54) is 11.3 Å². The van der Waals surface area contributed by atoms with Gasteiger partial charge in [-0.1, -0.05) is 26.0 Å². The number of benzene rings is 1. The van der Waals surface area contributed by atoms with Gasteiger partial charge in [0.1, 0.15) is 0 Å². The van der Waals surface area contributed by atoms with Gasteiger partial charge in [-0.15, -0.1) is 0 Å². The minimum atomic E-state index is 0.603.